The van der Waals surface area contributed by atoms with Gasteiger partial charge in [-0.3, -0.25) is 0 Å². The van der Waals surface area contributed by atoms with Gasteiger partial charge in [-0.2, -0.15) is 0 Å². The van der Waals surface area contributed by atoms with E-state index >= 15 is 0 Å². The van der Waals surface area contributed by atoms with E-state index in [1.807, 2.05) is 11.5 Å². The fourth-order valence-corrected chi connectivity index (χ4v) is 0.891. The van der Waals surface area contributed by atoms with E-state index in [0.29, 0.717) is 0 Å². The highest BCUT2D eigenvalue weighted by atomic mass is 16.4. The first-order chi connectivity index (χ1) is 5.74. The van der Waals surface area contributed by atoms with Crippen LogP contribution < -0.4 is 0 Å². The monoisotopic (exact) mass is 166 g/mol. The van der Waals surface area contributed by atoms with E-state index in [9.17, 15) is 4.79 Å². The molecule has 1 aromatic heterocycles. The molecule has 0 aromatic carbocycles. The summed E-state index contributed by atoms with van der Waals surface area (Å²) in [7, 11) is 0. The number of imidazole rings is 1. The number of carboxylic acids is 1. The van der Waals surface area contributed by atoms with Gasteiger partial charge in [-0.25, -0.2) is 9.78 Å². The quantitative estimate of drug-likeness (QED) is 0.681. The van der Waals surface area contributed by atoms with E-state index in [4.69, 9.17) is 5.11 Å². The minimum atomic E-state index is -0.946. The van der Waals surface area contributed by atoms with Crippen LogP contribution >= 0.6 is 0 Å². The number of aromatic nitrogens is 2. The number of hydrogen-bond donors (Lipinski definition) is 1. The van der Waals surface area contributed by atoms with Gasteiger partial charge in [0.25, 0.3) is 0 Å². The third-order valence-electron chi connectivity index (χ3n) is 1.48. The van der Waals surface area contributed by atoms with Gasteiger partial charge in [0.2, 0.25) is 0 Å². The highest BCUT2D eigenvalue weighted by Crippen LogP contribution is 2.00. The molecule has 0 bridgehead atoms. The van der Waals surface area contributed by atoms with Gasteiger partial charge in [0.1, 0.15) is 0 Å². The molecule has 0 unspecified atom stereocenters. The molecule has 0 aliphatic rings. The van der Waals surface area contributed by atoms with Gasteiger partial charge in [0, 0.05) is 12.6 Å². The van der Waals surface area contributed by atoms with E-state index in [1.165, 1.54) is 6.08 Å². The number of aliphatic carboxylic acids is 1. The molecule has 0 aliphatic heterocycles. The van der Waals surface area contributed by atoms with Crippen molar-refractivity contribution in [2.45, 2.75) is 13.5 Å². The van der Waals surface area contributed by atoms with E-state index in [0.717, 1.165) is 18.3 Å². The molecule has 0 fully saturated rings. The SMILES string of the molecule is CCn1cncc1/C=C/C(=O)O. The van der Waals surface area contributed by atoms with E-state index in [1.54, 1.807) is 12.5 Å². The second-order valence-electron chi connectivity index (χ2n) is 2.28. The summed E-state index contributed by atoms with van der Waals surface area (Å²) in [6.45, 7) is 2.76. The van der Waals surface area contributed by atoms with Gasteiger partial charge in [0.05, 0.1) is 18.2 Å². The summed E-state index contributed by atoms with van der Waals surface area (Å²) in [5.41, 5.74) is 0.805. The van der Waals surface area contributed by atoms with Crippen LogP contribution in [0, 0.1) is 0 Å². The number of carboxylic acid groups (broad SMARTS) is 1. The molecule has 1 aromatic rings. The summed E-state index contributed by atoms with van der Waals surface area (Å²) in [6, 6.07) is 0. The average Bonchev–Trinajstić information content (AvgIpc) is 2.47. The largest absolute Gasteiger partial charge is 0.478 e. The van der Waals surface area contributed by atoms with Crippen LogP contribution in [-0.4, -0.2) is 20.6 Å². The summed E-state index contributed by atoms with van der Waals surface area (Å²) in [4.78, 5) is 14.1. The molecule has 1 rings (SSSR count). The van der Waals surface area contributed by atoms with Crippen LogP contribution in [0.4, 0.5) is 0 Å². The van der Waals surface area contributed by atoms with Gasteiger partial charge in [0.15, 0.2) is 0 Å². The molecule has 1 heterocycles. The summed E-state index contributed by atoms with van der Waals surface area (Å²) < 4.78 is 1.86. The zero-order valence-electron chi connectivity index (χ0n) is 6.77. The second-order valence-corrected chi connectivity index (χ2v) is 2.28. The number of nitrogens with zero attached hydrogens (tertiary/aromatic N) is 2. The first-order valence-electron chi connectivity index (χ1n) is 3.65. The smallest absolute Gasteiger partial charge is 0.328 e. The Morgan fingerprint density at radius 2 is 2.58 bits per heavy atom. The molecule has 0 amide bonds. The summed E-state index contributed by atoms with van der Waals surface area (Å²) in [5, 5.41) is 8.36. The van der Waals surface area contributed by atoms with Crippen molar-refractivity contribution in [3.63, 3.8) is 0 Å². The Labute approximate surface area is 70.2 Å². The normalized spacial score (nSPS) is 10.8. The van der Waals surface area contributed by atoms with Crippen molar-refractivity contribution in [1.82, 2.24) is 9.55 Å². The van der Waals surface area contributed by atoms with Crippen LogP contribution in [0.3, 0.4) is 0 Å². The molecule has 4 nitrogen and oxygen atoms in total. The molecule has 0 radical (unpaired) electrons. The van der Waals surface area contributed by atoms with Crippen molar-refractivity contribution >= 4 is 12.0 Å². The van der Waals surface area contributed by atoms with Crippen molar-refractivity contribution in [3.8, 4) is 0 Å². The van der Waals surface area contributed by atoms with Crippen LogP contribution in [0.1, 0.15) is 12.6 Å². The van der Waals surface area contributed by atoms with Gasteiger partial charge in [-0.1, -0.05) is 0 Å². The summed E-state index contributed by atoms with van der Waals surface area (Å²) in [5.74, 6) is -0.946. The molecule has 64 valence electrons. The standard InChI is InChI=1S/C8H10N2O2/c1-2-10-6-9-5-7(10)3-4-8(11)12/h3-6H,2H2,1H3,(H,11,12)/b4-3+. The maximum absolute atomic E-state index is 10.2. The Morgan fingerprint density at radius 1 is 1.83 bits per heavy atom. The molecule has 0 spiro atoms. The number of aryl methyl sites for hydroxylation is 1. The lowest BCUT2D eigenvalue weighted by Gasteiger charge is -1.97. The number of carbonyl (C=O) groups is 1. The van der Waals surface area contributed by atoms with Gasteiger partial charge in [-0.15, -0.1) is 0 Å². The fraction of sp³-hybridized carbons (Fsp3) is 0.250. The minimum absolute atomic E-state index is 0.791. The predicted octanol–water partition coefficient (Wildman–Crippen LogP) is 1.00. The van der Waals surface area contributed by atoms with Crippen LogP contribution in [0.15, 0.2) is 18.6 Å². The molecular formula is C8H10N2O2. The predicted molar refractivity (Wildman–Crippen MR) is 44.6 cm³/mol. The van der Waals surface area contributed by atoms with Crippen LogP contribution in [0.25, 0.3) is 6.08 Å². The second kappa shape index (κ2) is 3.71. The average molecular weight is 166 g/mol. The number of rotatable bonds is 3. The lowest BCUT2D eigenvalue weighted by Crippen LogP contribution is -1.94. The Morgan fingerprint density at radius 3 is 3.17 bits per heavy atom. The molecule has 0 aliphatic carbocycles. The highest BCUT2D eigenvalue weighted by molar-refractivity contribution is 5.84. The van der Waals surface area contributed by atoms with Gasteiger partial charge in [-0.05, 0) is 13.0 Å². The lowest BCUT2D eigenvalue weighted by molar-refractivity contribution is -0.131. The zero-order chi connectivity index (χ0) is 8.97. The molecule has 12 heavy (non-hydrogen) atoms. The fourth-order valence-electron chi connectivity index (χ4n) is 0.891. The first-order valence-corrected chi connectivity index (χ1v) is 3.65. The highest BCUT2D eigenvalue weighted by Gasteiger charge is 1.95. The molecule has 1 N–H and O–H groups in total. The Bertz CT molecular complexity index is 302. The zero-order valence-corrected chi connectivity index (χ0v) is 6.77. The van der Waals surface area contributed by atoms with Crippen LogP contribution in [-0.2, 0) is 11.3 Å². The van der Waals surface area contributed by atoms with Crippen molar-refractivity contribution in [2.24, 2.45) is 0 Å². The Hall–Kier alpha value is -1.58. The topological polar surface area (TPSA) is 55.1 Å². The van der Waals surface area contributed by atoms with E-state index in [-0.39, 0.29) is 0 Å². The third kappa shape index (κ3) is 1.95. The summed E-state index contributed by atoms with van der Waals surface area (Å²) in [6.07, 6.45) is 5.92. The molecule has 0 atom stereocenters. The van der Waals surface area contributed by atoms with Crippen LogP contribution in [0.2, 0.25) is 0 Å². The first kappa shape index (κ1) is 8.52. The maximum atomic E-state index is 10.2. The van der Waals surface area contributed by atoms with E-state index < -0.39 is 5.97 Å². The lowest BCUT2D eigenvalue weighted by atomic mass is 10.4. The Kier molecular flexibility index (Phi) is 2.63. The minimum Gasteiger partial charge on any atom is -0.478 e. The van der Waals surface area contributed by atoms with Gasteiger partial charge >= 0.3 is 5.97 Å². The van der Waals surface area contributed by atoms with E-state index in [2.05, 4.69) is 4.98 Å². The molecular weight excluding hydrogens is 156 g/mol. The molecule has 4 heteroatoms. The molecule has 0 saturated heterocycles. The van der Waals surface area contributed by atoms with Crippen molar-refractivity contribution in [3.05, 3.63) is 24.3 Å². The Balaban J connectivity index is 2.81. The van der Waals surface area contributed by atoms with Crippen LogP contribution in [0.5, 0.6) is 0 Å². The molecule has 0 saturated carbocycles. The number of hydrogen-bond acceptors (Lipinski definition) is 2. The van der Waals surface area contributed by atoms with Crippen molar-refractivity contribution in [2.75, 3.05) is 0 Å². The van der Waals surface area contributed by atoms with Gasteiger partial charge < -0.3 is 9.67 Å². The summed E-state index contributed by atoms with van der Waals surface area (Å²) >= 11 is 0. The van der Waals surface area contributed by atoms with Crippen molar-refractivity contribution < 1.29 is 9.90 Å². The maximum Gasteiger partial charge on any atom is 0.328 e. The third-order valence-corrected chi connectivity index (χ3v) is 1.48. The van der Waals surface area contributed by atoms with Crippen molar-refractivity contribution in [1.29, 1.82) is 0 Å².